The zero-order valence-electron chi connectivity index (χ0n) is 27.6. The van der Waals surface area contributed by atoms with Crippen LogP contribution in [0.25, 0.3) is 94.2 Å². The van der Waals surface area contributed by atoms with E-state index in [-0.39, 0.29) is 5.41 Å². The molecule has 11 rings (SSSR count). The van der Waals surface area contributed by atoms with E-state index in [4.69, 9.17) is 13.8 Å². The Morgan fingerprint density at radius 2 is 1.18 bits per heavy atom. The van der Waals surface area contributed by atoms with Gasteiger partial charge in [-0.2, -0.15) is 0 Å². The van der Waals surface area contributed by atoms with Crippen molar-refractivity contribution in [2.45, 2.75) is 19.3 Å². The summed E-state index contributed by atoms with van der Waals surface area (Å²) in [6.07, 6.45) is 0. The number of hydrogen-bond acceptors (Lipinski definition) is 3. The molecular weight excluding hydrogens is 613 g/mol. The van der Waals surface area contributed by atoms with Crippen molar-refractivity contribution in [3.63, 3.8) is 0 Å². The summed E-state index contributed by atoms with van der Waals surface area (Å²) in [6, 6.07) is 51.5. The lowest BCUT2D eigenvalue weighted by molar-refractivity contribution is 0.659. The molecule has 0 aliphatic heterocycles. The number of benzene rings is 7. The minimum Gasteiger partial charge on any atom is -0.455 e. The molecule has 3 heterocycles. The third kappa shape index (κ3) is 3.68. The fraction of sp³-hybridized carbons (Fsp3) is 0.0652. The molecule has 0 amide bonds. The standard InChI is InChI=1S/C46H30N2O2/c1-46(2)36-24-28(34-26-35-32-14-6-10-18-40(32)49-44(35)42-33-15-7-11-19-41(33)50-43(34)42)20-22-30(36)31-23-21-29(25-37(31)46)48-39-17-9-8-16-38(39)47-45(48)27-12-4-3-5-13-27/h3-26H,1-2H3. The largest absolute Gasteiger partial charge is 0.455 e. The number of imidazole rings is 1. The van der Waals surface area contributed by atoms with Crippen LogP contribution in [-0.4, -0.2) is 9.55 Å². The molecule has 0 saturated carbocycles. The van der Waals surface area contributed by atoms with Gasteiger partial charge in [-0.1, -0.05) is 111 Å². The predicted molar refractivity (Wildman–Crippen MR) is 204 cm³/mol. The predicted octanol–water partition coefficient (Wildman–Crippen LogP) is 12.5. The second kappa shape index (κ2) is 9.83. The minimum absolute atomic E-state index is 0.237. The van der Waals surface area contributed by atoms with Gasteiger partial charge in [-0.25, -0.2) is 4.98 Å². The van der Waals surface area contributed by atoms with E-state index in [0.29, 0.717) is 0 Å². The van der Waals surface area contributed by atoms with E-state index in [1.165, 1.54) is 22.3 Å². The van der Waals surface area contributed by atoms with Crippen molar-refractivity contribution in [3.05, 3.63) is 157 Å². The number of aromatic nitrogens is 2. The van der Waals surface area contributed by atoms with E-state index in [0.717, 1.165) is 83.1 Å². The van der Waals surface area contributed by atoms with E-state index >= 15 is 0 Å². The van der Waals surface area contributed by atoms with Gasteiger partial charge in [0.15, 0.2) is 0 Å². The van der Waals surface area contributed by atoms with Crippen molar-refractivity contribution in [2.75, 3.05) is 0 Å². The van der Waals surface area contributed by atoms with Crippen LogP contribution >= 0.6 is 0 Å². The summed E-state index contributed by atoms with van der Waals surface area (Å²) < 4.78 is 15.5. The van der Waals surface area contributed by atoms with Gasteiger partial charge in [0.05, 0.1) is 16.4 Å². The number of nitrogens with zero attached hydrogens (tertiary/aromatic N) is 2. The second-order valence-corrected chi connectivity index (χ2v) is 13.9. The van der Waals surface area contributed by atoms with Crippen molar-refractivity contribution in [1.29, 1.82) is 0 Å². The van der Waals surface area contributed by atoms with E-state index in [1.807, 2.05) is 24.3 Å². The molecule has 7 aromatic carbocycles. The maximum absolute atomic E-state index is 6.65. The molecule has 50 heavy (non-hydrogen) atoms. The first kappa shape index (κ1) is 27.5. The lowest BCUT2D eigenvalue weighted by Crippen LogP contribution is -2.15. The summed E-state index contributed by atoms with van der Waals surface area (Å²) in [6.45, 7) is 4.69. The van der Waals surface area contributed by atoms with Crippen molar-refractivity contribution in [3.8, 4) is 39.3 Å². The molecule has 236 valence electrons. The van der Waals surface area contributed by atoms with Crippen molar-refractivity contribution in [2.24, 2.45) is 0 Å². The molecule has 1 aliphatic rings. The van der Waals surface area contributed by atoms with E-state index in [9.17, 15) is 0 Å². The zero-order chi connectivity index (χ0) is 33.1. The van der Waals surface area contributed by atoms with Crippen LogP contribution in [0.3, 0.4) is 0 Å². The van der Waals surface area contributed by atoms with Crippen molar-refractivity contribution < 1.29 is 8.83 Å². The fourth-order valence-corrected chi connectivity index (χ4v) is 8.38. The first-order valence-electron chi connectivity index (χ1n) is 17.1. The Morgan fingerprint density at radius 1 is 0.520 bits per heavy atom. The van der Waals surface area contributed by atoms with Crippen LogP contribution in [0.5, 0.6) is 0 Å². The maximum Gasteiger partial charge on any atom is 0.147 e. The first-order chi connectivity index (χ1) is 24.5. The molecule has 0 bridgehead atoms. The van der Waals surface area contributed by atoms with Crippen LogP contribution < -0.4 is 0 Å². The maximum atomic E-state index is 6.65. The Kier molecular flexibility index (Phi) is 5.42. The van der Waals surface area contributed by atoms with Gasteiger partial charge in [0.2, 0.25) is 0 Å². The molecule has 0 radical (unpaired) electrons. The Bertz CT molecular complexity index is 3010. The number of fused-ring (bicyclic) bond motifs is 11. The van der Waals surface area contributed by atoms with Gasteiger partial charge in [0.1, 0.15) is 28.2 Å². The molecule has 0 atom stereocenters. The highest BCUT2D eigenvalue weighted by molar-refractivity contribution is 6.25. The number of furan rings is 2. The molecule has 0 fully saturated rings. The van der Waals surface area contributed by atoms with Crippen LogP contribution in [0.4, 0.5) is 0 Å². The summed E-state index contributed by atoms with van der Waals surface area (Å²) in [5, 5.41) is 4.30. The average molecular weight is 643 g/mol. The monoisotopic (exact) mass is 642 g/mol. The average Bonchev–Trinajstić information content (AvgIpc) is 3.90. The molecule has 10 aromatic rings. The molecule has 0 saturated heterocycles. The Hall–Kier alpha value is -6.39. The summed E-state index contributed by atoms with van der Waals surface area (Å²) >= 11 is 0. The third-order valence-electron chi connectivity index (χ3n) is 10.8. The normalized spacial score (nSPS) is 13.6. The van der Waals surface area contributed by atoms with Gasteiger partial charge < -0.3 is 8.83 Å². The molecule has 0 N–H and O–H groups in total. The second-order valence-electron chi connectivity index (χ2n) is 13.9. The summed E-state index contributed by atoms with van der Waals surface area (Å²) in [7, 11) is 0. The van der Waals surface area contributed by atoms with E-state index in [2.05, 4.69) is 140 Å². The summed E-state index contributed by atoms with van der Waals surface area (Å²) in [5.74, 6) is 0.944. The van der Waals surface area contributed by atoms with Gasteiger partial charge in [0.25, 0.3) is 0 Å². The SMILES string of the molecule is CC1(C)c2cc(-c3cc4c5ccccc5oc4c4c3oc3ccccc34)ccc2-c2ccc(-n3c(-c4ccccc4)nc4ccccc43)cc21. The van der Waals surface area contributed by atoms with Gasteiger partial charge in [-0.3, -0.25) is 4.57 Å². The molecule has 0 spiro atoms. The van der Waals surface area contributed by atoms with Gasteiger partial charge in [-0.05, 0) is 76.3 Å². The van der Waals surface area contributed by atoms with Crippen LogP contribution in [-0.2, 0) is 5.41 Å². The number of para-hydroxylation sites is 4. The fourth-order valence-electron chi connectivity index (χ4n) is 8.38. The highest BCUT2D eigenvalue weighted by atomic mass is 16.3. The Balaban J connectivity index is 1.11. The van der Waals surface area contributed by atoms with Crippen molar-refractivity contribution in [1.82, 2.24) is 9.55 Å². The third-order valence-corrected chi connectivity index (χ3v) is 10.8. The lowest BCUT2D eigenvalue weighted by Gasteiger charge is -2.23. The first-order valence-corrected chi connectivity index (χ1v) is 17.1. The number of hydrogen-bond donors (Lipinski definition) is 0. The smallest absolute Gasteiger partial charge is 0.147 e. The van der Waals surface area contributed by atoms with Crippen LogP contribution in [0.15, 0.2) is 154 Å². The van der Waals surface area contributed by atoms with Gasteiger partial charge >= 0.3 is 0 Å². The van der Waals surface area contributed by atoms with Gasteiger partial charge in [-0.15, -0.1) is 0 Å². The molecular formula is C46H30N2O2. The van der Waals surface area contributed by atoms with Crippen molar-refractivity contribution >= 4 is 54.9 Å². The summed E-state index contributed by atoms with van der Waals surface area (Å²) in [4.78, 5) is 5.10. The highest BCUT2D eigenvalue weighted by Gasteiger charge is 2.36. The molecule has 1 aliphatic carbocycles. The number of rotatable bonds is 3. The molecule has 3 aromatic heterocycles. The Labute approximate surface area is 287 Å². The lowest BCUT2D eigenvalue weighted by atomic mass is 9.81. The molecule has 0 unspecified atom stereocenters. The quantitative estimate of drug-likeness (QED) is 0.193. The zero-order valence-corrected chi connectivity index (χ0v) is 27.6. The van der Waals surface area contributed by atoms with Crippen LogP contribution in [0.2, 0.25) is 0 Å². The van der Waals surface area contributed by atoms with E-state index < -0.39 is 0 Å². The Morgan fingerprint density at radius 3 is 2.02 bits per heavy atom. The highest BCUT2D eigenvalue weighted by Crippen LogP contribution is 2.52. The van der Waals surface area contributed by atoms with Crippen LogP contribution in [0, 0.1) is 0 Å². The molecule has 4 nitrogen and oxygen atoms in total. The molecule has 4 heteroatoms. The van der Waals surface area contributed by atoms with Crippen LogP contribution in [0.1, 0.15) is 25.0 Å². The minimum atomic E-state index is -0.237. The topological polar surface area (TPSA) is 44.1 Å². The summed E-state index contributed by atoms with van der Waals surface area (Å²) in [5.41, 5.74) is 14.9. The van der Waals surface area contributed by atoms with E-state index in [1.54, 1.807) is 0 Å². The van der Waals surface area contributed by atoms with Gasteiger partial charge in [0, 0.05) is 38.4 Å².